The second-order valence-corrected chi connectivity index (χ2v) is 4.57. The quantitative estimate of drug-likeness (QED) is 0.854. The Kier molecular flexibility index (Phi) is 3.54. The van der Waals surface area contributed by atoms with Gasteiger partial charge in [-0.2, -0.15) is 0 Å². The van der Waals surface area contributed by atoms with Crippen molar-refractivity contribution in [3.63, 3.8) is 0 Å². The predicted molar refractivity (Wildman–Crippen MR) is 65.9 cm³/mol. The molecule has 2 heterocycles. The van der Waals surface area contributed by atoms with E-state index in [0.29, 0.717) is 17.4 Å². The Labute approximate surface area is 102 Å². The number of aromatic nitrogens is 1. The molecule has 2 aromatic heterocycles. The normalized spacial score (nSPS) is 10.1. The Morgan fingerprint density at radius 3 is 2.94 bits per heavy atom. The molecule has 16 heavy (non-hydrogen) atoms. The van der Waals surface area contributed by atoms with Crippen LogP contribution in [-0.2, 0) is 11.2 Å². The Bertz CT molecular complexity index is 484. The van der Waals surface area contributed by atoms with E-state index in [-0.39, 0.29) is 5.91 Å². The third kappa shape index (κ3) is 3.05. The largest absolute Gasteiger partial charge is 0.310 e. The van der Waals surface area contributed by atoms with Crippen LogP contribution < -0.4 is 5.32 Å². The van der Waals surface area contributed by atoms with Gasteiger partial charge >= 0.3 is 0 Å². The van der Waals surface area contributed by atoms with Crippen LogP contribution in [0.2, 0.25) is 5.15 Å². The van der Waals surface area contributed by atoms with Crippen LogP contribution in [-0.4, -0.2) is 10.9 Å². The van der Waals surface area contributed by atoms with Gasteiger partial charge < -0.3 is 5.32 Å². The molecule has 0 aliphatic carbocycles. The third-order valence-corrected chi connectivity index (χ3v) is 2.98. The summed E-state index contributed by atoms with van der Waals surface area (Å²) in [4.78, 5) is 16.6. The number of thiophene rings is 1. The van der Waals surface area contributed by atoms with E-state index in [0.717, 1.165) is 4.88 Å². The minimum Gasteiger partial charge on any atom is -0.310 e. The molecule has 82 valence electrons. The van der Waals surface area contributed by atoms with Gasteiger partial charge in [-0.25, -0.2) is 4.98 Å². The van der Waals surface area contributed by atoms with Crippen molar-refractivity contribution in [3.8, 4) is 0 Å². The molecular weight excluding hydrogens is 244 g/mol. The smallest absolute Gasteiger partial charge is 0.230 e. The van der Waals surface area contributed by atoms with Gasteiger partial charge in [0.15, 0.2) is 0 Å². The molecule has 5 heteroatoms. The van der Waals surface area contributed by atoms with Gasteiger partial charge in [-0.3, -0.25) is 4.79 Å². The van der Waals surface area contributed by atoms with Crippen molar-refractivity contribution < 1.29 is 4.79 Å². The Morgan fingerprint density at radius 1 is 1.38 bits per heavy atom. The maximum atomic E-state index is 11.6. The zero-order valence-corrected chi connectivity index (χ0v) is 9.89. The van der Waals surface area contributed by atoms with Crippen molar-refractivity contribution >= 4 is 34.7 Å². The van der Waals surface area contributed by atoms with E-state index in [4.69, 9.17) is 11.6 Å². The highest BCUT2D eigenvalue weighted by atomic mass is 35.5. The highest BCUT2D eigenvalue weighted by molar-refractivity contribution is 7.10. The van der Waals surface area contributed by atoms with E-state index in [1.165, 1.54) is 0 Å². The highest BCUT2D eigenvalue weighted by Gasteiger charge is 2.05. The summed E-state index contributed by atoms with van der Waals surface area (Å²) in [5, 5.41) is 5.01. The first kappa shape index (κ1) is 11.1. The molecule has 0 atom stereocenters. The monoisotopic (exact) mass is 252 g/mol. The molecule has 3 nitrogen and oxygen atoms in total. The van der Waals surface area contributed by atoms with Crippen molar-refractivity contribution in [2.45, 2.75) is 6.42 Å². The van der Waals surface area contributed by atoms with E-state index >= 15 is 0 Å². The van der Waals surface area contributed by atoms with Crippen molar-refractivity contribution in [2.24, 2.45) is 0 Å². The van der Waals surface area contributed by atoms with Gasteiger partial charge in [0.25, 0.3) is 0 Å². The lowest BCUT2D eigenvalue weighted by Crippen LogP contribution is -2.14. The first-order valence-corrected chi connectivity index (χ1v) is 5.94. The number of anilines is 1. The first-order chi connectivity index (χ1) is 7.74. The number of nitrogens with one attached hydrogen (secondary N) is 1. The number of halogens is 1. The van der Waals surface area contributed by atoms with Crippen LogP contribution in [0.4, 0.5) is 5.82 Å². The predicted octanol–water partition coefficient (Wildman–Crippen LogP) is 2.98. The van der Waals surface area contributed by atoms with Crippen molar-refractivity contribution in [3.05, 3.63) is 45.7 Å². The average molecular weight is 253 g/mol. The fraction of sp³-hybridized carbons (Fsp3) is 0.0909. The lowest BCUT2D eigenvalue weighted by molar-refractivity contribution is -0.115. The van der Waals surface area contributed by atoms with Crippen LogP contribution in [0.3, 0.4) is 0 Å². The van der Waals surface area contributed by atoms with E-state index in [9.17, 15) is 4.79 Å². The molecule has 0 bridgehead atoms. The third-order valence-electron chi connectivity index (χ3n) is 1.90. The molecule has 0 unspecified atom stereocenters. The molecular formula is C11H9ClN2OS. The summed E-state index contributed by atoms with van der Waals surface area (Å²) in [5.74, 6) is 0.395. The zero-order valence-electron chi connectivity index (χ0n) is 8.31. The molecule has 0 aromatic carbocycles. The highest BCUT2D eigenvalue weighted by Crippen LogP contribution is 2.12. The number of amides is 1. The number of carbonyl (C=O) groups excluding carboxylic acids is 1. The molecule has 0 fully saturated rings. The van der Waals surface area contributed by atoms with E-state index in [1.807, 2.05) is 17.5 Å². The molecule has 0 spiro atoms. The fourth-order valence-electron chi connectivity index (χ4n) is 1.24. The maximum Gasteiger partial charge on any atom is 0.230 e. The molecule has 0 aliphatic heterocycles. The summed E-state index contributed by atoms with van der Waals surface area (Å²) in [6, 6.07) is 8.96. The van der Waals surface area contributed by atoms with Crippen LogP contribution in [0.1, 0.15) is 4.88 Å². The van der Waals surface area contributed by atoms with Crippen LogP contribution >= 0.6 is 22.9 Å². The van der Waals surface area contributed by atoms with Gasteiger partial charge in [-0.1, -0.05) is 23.7 Å². The van der Waals surface area contributed by atoms with Gasteiger partial charge in [0, 0.05) is 4.88 Å². The first-order valence-electron chi connectivity index (χ1n) is 4.69. The number of carbonyl (C=O) groups is 1. The Morgan fingerprint density at radius 2 is 2.25 bits per heavy atom. The minimum atomic E-state index is -0.0859. The second kappa shape index (κ2) is 5.09. The summed E-state index contributed by atoms with van der Waals surface area (Å²) >= 11 is 7.27. The summed E-state index contributed by atoms with van der Waals surface area (Å²) in [6.45, 7) is 0. The summed E-state index contributed by atoms with van der Waals surface area (Å²) in [7, 11) is 0. The summed E-state index contributed by atoms with van der Waals surface area (Å²) in [6.07, 6.45) is 0.367. The zero-order chi connectivity index (χ0) is 11.4. The van der Waals surface area contributed by atoms with E-state index < -0.39 is 0 Å². The molecule has 0 saturated heterocycles. The van der Waals surface area contributed by atoms with Crippen LogP contribution in [0, 0.1) is 0 Å². The van der Waals surface area contributed by atoms with E-state index in [2.05, 4.69) is 10.3 Å². The topological polar surface area (TPSA) is 42.0 Å². The van der Waals surface area contributed by atoms with Crippen molar-refractivity contribution in [2.75, 3.05) is 5.32 Å². The lowest BCUT2D eigenvalue weighted by Gasteiger charge is -2.03. The van der Waals surface area contributed by atoms with Crippen LogP contribution in [0.15, 0.2) is 35.7 Å². The fourth-order valence-corrected chi connectivity index (χ4v) is 2.10. The Balaban J connectivity index is 1.97. The van der Waals surface area contributed by atoms with Crippen molar-refractivity contribution in [1.82, 2.24) is 4.98 Å². The molecule has 2 rings (SSSR count). The second-order valence-electron chi connectivity index (χ2n) is 3.15. The number of hydrogen-bond acceptors (Lipinski definition) is 3. The average Bonchev–Trinajstić information content (AvgIpc) is 2.70. The number of pyridine rings is 1. The standard InChI is InChI=1S/C11H9ClN2OS/c12-9-4-1-5-10(13-9)14-11(15)7-8-3-2-6-16-8/h1-6H,7H2,(H,13,14,15). The SMILES string of the molecule is O=C(Cc1cccs1)Nc1cccc(Cl)n1. The van der Waals surface area contributed by atoms with Gasteiger partial charge in [0.05, 0.1) is 6.42 Å². The summed E-state index contributed by atoms with van der Waals surface area (Å²) in [5.41, 5.74) is 0. The molecule has 1 amide bonds. The molecule has 2 aromatic rings. The molecule has 0 saturated carbocycles. The molecule has 1 N–H and O–H groups in total. The van der Waals surface area contributed by atoms with Gasteiger partial charge in [-0.15, -0.1) is 11.3 Å². The van der Waals surface area contributed by atoms with Crippen molar-refractivity contribution in [1.29, 1.82) is 0 Å². The summed E-state index contributed by atoms with van der Waals surface area (Å²) < 4.78 is 0. The number of rotatable bonds is 3. The van der Waals surface area contributed by atoms with E-state index in [1.54, 1.807) is 29.5 Å². The number of hydrogen-bond donors (Lipinski definition) is 1. The van der Waals surface area contributed by atoms with Gasteiger partial charge in [-0.05, 0) is 23.6 Å². The lowest BCUT2D eigenvalue weighted by atomic mass is 10.3. The van der Waals surface area contributed by atoms with Gasteiger partial charge in [0.2, 0.25) is 5.91 Å². The Hall–Kier alpha value is -1.39. The van der Waals surface area contributed by atoms with Gasteiger partial charge in [0.1, 0.15) is 11.0 Å². The van der Waals surface area contributed by atoms with Crippen LogP contribution in [0.5, 0.6) is 0 Å². The number of nitrogens with zero attached hydrogens (tertiary/aromatic N) is 1. The molecule has 0 aliphatic rings. The van der Waals surface area contributed by atoms with Crippen LogP contribution in [0.25, 0.3) is 0 Å². The maximum absolute atomic E-state index is 11.6. The molecule has 0 radical (unpaired) electrons. The minimum absolute atomic E-state index is 0.0859.